The molecule has 3 N–H and O–H groups in total. The van der Waals surface area contributed by atoms with Gasteiger partial charge in [0, 0.05) is 24.0 Å². The van der Waals surface area contributed by atoms with Gasteiger partial charge in [0.25, 0.3) is 5.91 Å². The van der Waals surface area contributed by atoms with Gasteiger partial charge < -0.3 is 30.0 Å². The highest BCUT2D eigenvalue weighted by Gasteiger charge is 2.21. The quantitative estimate of drug-likeness (QED) is 0.625. The van der Waals surface area contributed by atoms with Crippen molar-refractivity contribution in [3.05, 3.63) is 48.0 Å². The molecule has 2 aromatic carbocycles. The maximum Gasteiger partial charge on any atom is 0.341 e. The van der Waals surface area contributed by atoms with Crippen molar-refractivity contribution in [2.75, 3.05) is 37.0 Å². The summed E-state index contributed by atoms with van der Waals surface area (Å²) in [7, 11) is 0. The Kier molecular flexibility index (Phi) is 6.33. The Bertz CT molecular complexity index is 854. The van der Waals surface area contributed by atoms with Gasteiger partial charge in [-0.25, -0.2) is 4.79 Å². The van der Waals surface area contributed by atoms with Gasteiger partial charge >= 0.3 is 5.97 Å². The fourth-order valence-corrected chi connectivity index (χ4v) is 2.65. The molecule has 0 saturated carbocycles. The predicted molar refractivity (Wildman–Crippen MR) is 103 cm³/mol. The van der Waals surface area contributed by atoms with Crippen LogP contribution in [-0.2, 0) is 9.53 Å². The largest absolute Gasteiger partial charge is 0.486 e. The summed E-state index contributed by atoms with van der Waals surface area (Å²) >= 11 is 0. The van der Waals surface area contributed by atoms with E-state index in [0.29, 0.717) is 42.6 Å². The van der Waals surface area contributed by atoms with Crippen LogP contribution >= 0.6 is 0 Å². The molecule has 0 aliphatic carbocycles. The number of benzene rings is 2. The number of hydrogen-bond acceptors (Lipinski definition) is 7. The Morgan fingerprint density at radius 2 is 1.89 bits per heavy atom. The van der Waals surface area contributed by atoms with Crippen LogP contribution in [0, 0.1) is 0 Å². The maximum atomic E-state index is 12.4. The third-order valence-electron chi connectivity index (χ3n) is 4.04. The van der Waals surface area contributed by atoms with Crippen LogP contribution in [0.15, 0.2) is 42.5 Å². The van der Waals surface area contributed by atoms with Crippen LogP contribution < -0.4 is 20.1 Å². The molecule has 1 aliphatic heterocycles. The van der Waals surface area contributed by atoms with Gasteiger partial charge in [-0.1, -0.05) is 12.1 Å². The van der Waals surface area contributed by atoms with Crippen LogP contribution in [0.3, 0.4) is 0 Å². The zero-order chi connectivity index (χ0) is 19.9. The molecule has 28 heavy (non-hydrogen) atoms. The number of anilines is 2. The number of carbonyl (C=O) groups excluding carboxylic acids is 2. The number of carbonyl (C=O) groups is 2. The zero-order valence-electron chi connectivity index (χ0n) is 15.4. The summed E-state index contributed by atoms with van der Waals surface area (Å²) in [4.78, 5) is 24.8. The first-order valence-electron chi connectivity index (χ1n) is 8.93. The lowest BCUT2D eigenvalue weighted by Gasteiger charge is -2.19. The molecule has 0 aromatic heterocycles. The normalized spacial score (nSPS) is 13.4. The van der Waals surface area contributed by atoms with Crippen molar-refractivity contribution in [3.63, 3.8) is 0 Å². The minimum atomic E-state index is -1.01. The van der Waals surface area contributed by atoms with Gasteiger partial charge in [-0.3, -0.25) is 4.79 Å². The molecule has 0 unspecified atom stereocenters. The van der Waals surface area contributed by atoms with Crippen LogP contribution in [-0.4, -0.2) is 49.5 Å². The zero-order valence-corrected chi connectivity index (χ0v) is 15.4. The van der Waals surface area contributed by atoms with E-state index >= 15 is 0 Å². The topological polar surface area (TPSA) is 106 Å². The van der Waals surface area contributed by atoms with E-state index in [1.54, 1.807) is 42.5 Å². The molecule has 1 atom stereocenters. The molecule has 2 aromatic rings. The number of fused-ring (bicyclic) bond motifs is 1. The van der Waals surface area contributed by atoms with E-state index in [1.807, 2.05) is 0 Å². The van der Waals surface area contributed by atoms with E-state index in [2.05, 4.69) is 10.6 Å². The van der Waals surface area contributed by atoms with Crippen molar-refractivity contribution in [3.8, 4) is 11.5 Å². The average Bonchev–Trinajstić information content (AvgIpc) is 2.72. The molecule has 1 aliphatic rings. The second kappa shape index (κ2) is 9.09. The molecule has 0 bridgehead atoms. The molecular weight excluding hydrogens is 364 g/mol. The number of aliphatic hydroxyl groups is 1. The van der Waals surface area contributed by atoms with Gasteiger partial charge in [0.05, 0.1) is 12.2 Å². The monoisotopic (exact) mass is 386 g/mol. The Labute approximate surface area is 162 Å². The van der Waals surface area contributed by atoms with Crippen LogP contribution in [0.25, 0.3) is 0 Å². The van der Waals surface area contributed by atoms with E-state index in [0.717, 1.165) is 0 Å². The van der Waals surface area contributed by atoms with Crippen molar-refractivity contribution >= 4 is 23.3 Å². The first-order chi connectivity index (χ1) is 13.6. The maximum absolute atomic E-state index is 12.4. The summed E-state index contributed by atoms with van der Waals surface area (Å²) in [6.07, 6.45) is -1.01. The summed E-state index contributed by atoms with van der Waals surface area (Å²) in [5, 5.41) is 14.6. The minimum Gasteiger partial charge on any atom is -0.486 e. The van der Waals surface area contributed by atoms with E-state index in [1.165, 1.54) is 6.92 Å². The van der Waals surface area contributed by atoms with Crippen molar-refractivity contribution in [1.29, 1.82) is 0 Å². The molecule has 3 rings (SSSR count). The molecule has 0 fully saturated rings. The highest BCUT2D eigenvalue weighted by molar-refractivity contribution is 5.99. The summed E-state index contributed by atoms with van der Waals surface area (Å²) in [6, 6.07) is 11.8. The standard InChI is InChI=1S/C20H22N2O6/c1-13(28-20(25)15-4-2-3-5-16(15)21-8-9-23)19(24)22-14-6-7-17-18(12-14)27-11-10-26-17/h2-7,12-13,21,23H,8-11H2,1H3,(H,22,24)/t13-/m1/s1. The van der Waals surface area contributed by atoms with Crippen molar-refractivity contribution in [2.45, 2.75) is 13.0 Å². The molecule has 0 spiro atoms. The highest BCUT2D eigenvalue weighted by atomic mass is 16.6. The first kappa shape index (κ1) is 19.5. The molecule has 8 heteroatoms. The van der Waals surface area contributed by atoms with Crippen LogP contribution in [0.2, 0.25) is 0 Å². The summed E-state index contributed by atoms with van der Waals surface area (Å²) in [6.45, 7) is 2.65. The number of ether oxygens (including phenoxy) is 3. The molecule has 1 amide bonds. The third-order valence-corrected chi connectivity index (χ3v) is 4.04. The summed E-state index contributed by atoms with van der Waals surface area (Å²) in [5.41, 5.74) is 1.33. The number of hydrogen-bond donors (Lipinski definition) is 3. The van der Waals surface area contributed by atoms with Crippen molar-refractivity contribution in [1.82, 2.24) is 0 Å². The van der Waals surface area contributed by atoms with Gasteiger partial charge in [0.1, 0.15) is 13.2 Å². The Morgan fingerprint density at radius 3 is 2.68 bits per heavy atom. The molecular formula is C20H22N2O6. The number of aliphatic hydroxyl groups excluding tert-OH is 1. The van der Waals surface area contributed by atoms with Crippen molar-refractivity contribution < 1.29 is 28.9 Å². The van der Waals surface area contributed by atoms with Crippen molar-refractivity contribution in [2.24, 2.45) is 0 Å². The van der Waals surface area contributed by atoms with Crippen LogP contribution in [0.5, 0.6) is 11.5 Å². The Morgan fingerprint density at radius 1 is 1.14 bits per heavy atom. The average molecular weight is 386 g/mol. The third kappa shape index (κ3) is 4.72. The molecule has 148 valence electrons. The summed E-state index contributed by atoms with van der Waals surface area (Å²) in [5.74, 6) is 0.0741. The van der Waals surface area contributed by atoms with E-state index < -0.39 is 18.0 Å². The number of amides is 1. The highest BCUT2D eigenvalue weighted by Crippen LogP contribution is 2.32. The lowest BCUT2D eigenvalue weighted by atomic mass is 10.1. The fraction of sp³-hybridized carbons (Fsp3) is 0.300. The minimum absolute atomic E-state index is 0.0717. The number of rotatable bonds is 7. The Hall–Kier alpha value is -3.26. The number of nitrogens with one attached hydrogen (secondary N) is 2. The lowest BCUT2D eigenvalue weighted by molar-refractivity contribution is -0.123. The Balaban J connectivity index is 1.62. The smallest absolute Gasteiger partial charge is 0.341 e. The lowest BCUT2D eigenvalue weighted by Crippen LogP contribution is -2.30. The van der Waals surface area contributed by atoms with Crippen LogP contribution in [0.4, 0.5) is 11.4 Å². The van der Waals surface area contributed by atoms with Gasteiger partial charge in [-0.05, 0) is 31.2 Å². The van der Waals surface area contributed by atoms with Gasteiger partial charge in [-0.2, -0.15) is 0 Å². The second-order valence-corrected chi connectivity index (χ2v) is 6.09. The molecule has 0 radical (unpaired) electrons. The molecule has 1 heterocycles. The SMILES string of the molecule is C[C@@H](OC(=O)c1ccccc1NCCO)C(=O)Nc1ccc2c(c1)OCCO2. The van der Waals surface area contributed by atoms with E-state index in [4.69, 9.17) is 19.3 Å². The fourth-order valence-electron chi connectivity index (χ4n) is 2.65. The van der Waals surface area contributed by atoms with E-state index in [-0.39, 0.29) is 12.2 Å². The first-order valence-corrected chi connectivity index (χ1v) is 8.93. The molecule has 8 nitrogen and oxygen atoms in total. The second-order valence-electron chi connectivity index (χ2n) is 6.09. The van der Waals surface area contributed by atoms with Crippen LogP contribution in [0.1, 0.15) is 17.3 Å². The summed E-state index contributed by atoms with van der Waals surface area (Å²) < 4.78 is 16.2. The van der Waals surface area contributed by atoms with Gasteiger partial charge in [0.15, 0.2) is 17.6 Å². The number of para-hydroxylation sites is 1. The van der Waals surface area contributed by atoms with E-state index in [9.17, 15) is 9.59 Å². The molecule has 0 saturated heterocycles. The number of esters is 1. The van der Waals surface area contributed by atoms with Gasteiger partial charge in [-0.15, -0.1) is 0 Å². The van der Waals surface area contributed by atoms with Gasteiger partial charge in [0.2, 0.25) is 0 Å². The predicted octanol–water partition coefficient (Wildman–Crippen LogP) is 2.05.